The average Bonchev–Trinajstić information content (AvgIpc) is 2.97. The molecule has 1 aliphatic rings. The molecule has 1 nitrogen and oxygen atoms in total. The van der Waals surface area contributed by atoms with E-state index in [1.165, 1.54) is 11.8 Å². The third kappa shape index (κ3) is 2.29. The summed E-state index contributed by atoms with van der Waals surface area (Å²) < 4.78 is 2.62. The summed E-state index contributed by atoms with van der Waals surface area (Å²) >= 11 is 17.6. The Morgan fingerprint density at radius 1 is 1.16 bits per heavy atom. The average molecular weight is 386 g/mol. The fraction of sp³-hybridized carbons (Fsp3) is 0.0769. The first kappa shape index (κ1) is 13.7. The quantitative estimate of drug-likeness (QED) is 0.751. The van der Waals surface area contributed by atoms with Crippen LogP contribution in [0.2, 0.25) is 0 Å². The first-order valence-electron chi connectivity index (χ1n) is 5.46. The Morgan fingerprint density at radius 3 is 2.58 bits per heavy atom. The fourth-order valence-corrected chi connectivity index (χ4v) is 5.15. The predicted molar refractivity (Wildman–Crippen MR) is 95.2 cm³/mol. The summed E-state index contributed by atoms with van der Waals surface area (Å²) in [7, 11) is 0. The molecule has 1 fully saturated rings. The summed E-state index contributed by atoms with van der Waals surface area (Å²) in [5, 5.41) is 7.58. The molecule has 19 heavy (non-hydrogen) atoms. The normalized spacial score (nSPS) is 22.6. The van der Waals surface area contributed by atoms with Crippen molar-refractivity contribution in [3.8, 4) is 0 Å². The van der Waals surface area contributed by atoms with Gasteiger partial charge in [-0.15, -0.1) is 0 Å². The van der Waals surface area contributed by atoms with Crippen LogP contribution in [0.3, 0.4) is 0 Å². The summed E-state index contributed by atoms with van der Waals surface area (Å²) in [6, 6.07) is 10.3. The second kappa shape index (κ2) is 5.26. The first-order valence-corrected chi connectivity index (χ1v) is 8.83. The SMILES string of the molecule is S=C1NC(c2ccsc2)(c2cccc(Br)c2)C(=S)S1. The molecule has 1 aromatic heterocycles. The van der Waals surface area contributed by atoms with Crippen LogP contribution >= 0.6 is 63.5 Å². The maximum atomic E-state index is 5.61. The third-order valence-corrected chi connectivity index (χ3v) is 5.86. The van der Waals surface area contributed by atoms with E-state index in [-0.39, 0.29) is 0 Å². The topological polar surface area (TPSA) is 12.0 Å². The number of thiophene rings is 1. The number of rotatable bonds is 2. The highest BCUT2D eigenvalue weighted by atomic mass is 79.9. The Labute approximate surface area is 138 Å². The molecule has 2 heterocycles. The molecule has 1 atom stereocenters. The van der Waals surface area contributed by atoms with Crippen LogP contribution in [0.25, 0.3) is 0 Å². The maximum absolute atomic E-state index is 5.61. The number of thioether (sulfide) groups is 1. The zero-order valence-corrected chi connectivity index (χ0v) is 14.4. The largest absolute Gasteiger partial charge is 0.352 e. The first-order chi connectivity index (χ1) is 9.13. The number of nitrogens with one attached hydrogen (secondary N) is 1. The van der Waals surface area contributed by atoms with Crippen LogP contribution < -0.4 is 5.32 Å². The predicted octanol–water partition coefficient (Wildman–Crippen LogP) is 4.70. The van der Waals surface area contributed by atoms with Crippen LogP contribution in [-0.2, 0) is 5.54 Å². The summed E-state index contributed by atoms with van der Waals surface area (Å²) in [4.78, 5) is 0. The molecule has 0 amide bonds. The van der Waals surface area contributed by atoms with Gasteiger partial charge in [-0.05, 0) is 40.1 Å². The van der Waals surface area contributed by atoms with E-state index >= 15 is 0 Å². The van der Waals surface area contributed by atoms with Gasteiger partial charge in [0, 0.05) is 4.47 Å². The zero-order valence-electron chi connectivity index (χ0n) is 9.55. The monoisotopic (exact) mass is 385 g/mol. The zero-order chi connectivity index (χ0) is 13.5. The van der Waals surface area contributed by atoms with Crippen molar-refractivity contribution in [1.82, 2.24) is 5.32 Å². The van der Waals surface area contributed by atoms with Crippen LogP contribution in [0.15, 0.2) is 45.6 Å². The molecule has 0 saturated carbocycles. The van der Waals surface area contributed by atoms with Gasteiger partial charge in [0.1, 0.15) is 9.86 Å². The van der Waals surface area contributed by atoms with Gasteiger partial charge >= 0.3 is 0 Å². The van der Waals surface area contributed by atoms with E-state index in [9.17, 15) is 0 Å². The van der Waals surface area contributed by atoms with Gasteiger partial charge in [0.05, 0.1) is 4.20 Å². The van der Waals surface area contributed by atoms with Gasteiger partial charge in [-0.2, -0.15) is 11.3 Å². The highest BCUT2D eigenvalue weighted by Crippen LogP contribution is 2.42. The lowest BCUT2D eigenvalue weighted by molar-refractivity contribution is 0.676. The Balaban J connectivity index is 2.23. The third-order valence-electron chi connectivity index (χ3n) is 2.99. The molecule has 1 unspecified atom stereocenters. The Bertz CT molecular complexity index is 652. The van der Waals surface area contributed by atoms with Gasteiger partial charge in [0.2, 0.25) is 0 Å². The van der Waals surface area contributed by atoms with Crippen LogP contribution in [-0.4, -0.2) is 8.52 Å². The van der Waals surface area contributed by atoms with Crippen LogP contribution in [0, 0.1) is 0 Å². The second-order valence-electron chi connectivity index (χ2n) is 4.07. The van der Waals surface area contributed by atoms with Crippen molar-refractivity contribution in [1.29, 1.82) is 0 Å². The smallest absolute Gasteiger partial charge is 0.140 e. The summed E-state index contributed by atoms with van der Waals surface area (Å²) in [6.07, 6.45) is 0. The summed E-state index contributed by atoms with van der Waals surface area (Å²) in [6.45, 7) is 0. The lowest BCUT2D eigenvalue weighted by atomic mass is 9.86. The van der Waals surface area contributed by atoms with Gasteiger partial charge in [-0.3, -0.25) is 0 Å². The number of thiocarbonyl (C=S) groups is 2. The second-order valence-corrected chi connectivity index (χ2v) is 8.12. The number of halogens is 1. The molecule has 96 valence electrons. The number of hydrogen-bond acceptors (Lipinski definition) is 4. The van der Waals surface area contributed by atoms with Gasteiger partial charge in [0.25, 0.3) is 0 Å². The van der Waals surface area contributed by atoms with Crippen LogP contribution in [0.1, 0.15) is 11.1 Å². The highest BCUT2D eigenvalue weighted by Gasteiger charge is 2.45. The minimum absolute atomic E-state index is 0.485. The molecule has 2 aromatic rings. The lowest BCUT2D eigenvalue weighted by Gasteiger charge is -2.29. The van der Waals surface area contributed by atoms with Crippen molar-refractivity contribution < 1.29 is 0 Å². The van der Waals surface area contributed by atoms with E-state index in [0.717, 1.165) is 24.1 Å². The Kier molecular flexibility index (Phi) is 3.79. The van der Waals surface area contributed by atoms with Gasteiger partial charge in [0.15, 0.2) is 0 Å². The molecular formula is C13H8BrNS4. The highest BCUT2D eigenvalue weighted by molar-refractivity contribution is 9.10. The van der Waals surface area contributed by atoms with E-state index in [0.29, 0.717) is 0 Å². The molecule has 6 heteroatoms. The molecule has 0 bridgehead atoms. The van der Waals surface area contributed by atoms with E-state index in [1.54, 1.807) is 11.3 Å². The molecule has 0 spiro atoms. The van der Waals surface area contributed by atoms with Crippen molar-refractivity contribution in [2.75, 3.05) is 0 Å². The lowest BCUT2D eigenvalue weighted by Crippen LogP contribution is -2.43. The molecule has 1 aromatic carbocycles. The van der Waals surface area contributed by atoms with Crippen molar-refractivity contribution in [3.63, 3.8) is 0 Å². The molecule has 0 radical (unpaired) electrons. The summed E-state index contributed by atoms with van der Waals surface area (Å²) in [5.74, 6) is 0. The minimum atomic E-state index is -0.485. The molecule has 3 rings (SSSR count). The fourth-order valence-electron chi connectivity index (χ4n) is 2.14. The Hall–Kier alpha value is -0.270. The van der Waals surface area contributed by atoms with E-state index in [4.69, 9.17) is 24.4 Å². The molecule has 1 aliphatic heterocycles. The number of hydrogen-bond donors (Lipinski definition) is 1. The van der Waals surface area contributed by atoms with E-state index < -0.39 is 5.54 Å². The van der Waals surface area contributed by atoms with Gasteiger partial charge in [-0.1, -0.05) is 64.3 Å². The molecule has 1 saturated heterocycles. The van der Waals surface area contributed by atoms with E-state index in [2.05, 4.69) is 50.2 Å². The van der Waals surface area contributed by atoms with Crippen LogP contribution in [0.4, 0.5) is 0 Å². The standard InChI is InChI=1S/C13H8BrNS4/c14-10-3-1-2-8(6-10)13(9-4-5-18-7-9)11(16)19-12(17)15-13/h1-7H,(H,15,17). The number of benzene rings is 1. The van der Waals surface area contributed by atoms with Gasteiger partial charge < -0.3 is 5.32 Å². The summed E-state index contributed by atoms with van der Waals surface area (Å²) in [5.41, 5.74) is 1.77. The Morgan fingerprint density at radius 2 is 2.00 bits per heavy atom. The molecule has 1 N–H and O–H groups in total. The van der Waals surface area contributed by atoms with Crippen LogP contribution in [0.5, 0.6) is 0 Å². The van der Waals surface area contributed by atoms with Crippen molar-refractivity contribution in [3.05, 3.63) is 56.7 Å². The van der Waals surface area contributed by atoms with Crippen molar-refractivity contribution in [2.45, 2.75) is 5.54 Å². The minimum Gasteiger partial charge on any atom is -0.352 e. The van der Waals surface area contributed by atoms with Crippen molar-refractivity contribution in [2.24, 2.45) is 0 Å². The van der Waals surface area contributed by atoms with E-state index in [1.807, 2.05) is 12.1 Å². The van der Waals surface area contributed by atoms with Crippen molar-refractivity contribution >= 4 is 72.0 Å². The molecule has 0 aliphatic carbocycles. The maximum Gasteiger partial charge on any atom is 0.140 e. The molecular weight excluding hydrogens is 378 g/mol. The van der Waals surface area contributed by atoms with Gasteiger partial charge in [-0.25, -0.2) is 0 Å².